The van der Waals surface area contributed by atoms with Crippen molar-refractivity contribution in [3.05, 3.63) is 28.8 Å². The Kier molecular flexibility index (Phi) is 3.90. The molecule has 1 aromatic rings. The van der Waals surface area contributed by atoms with Crippen LogP contribution in [0.2, 0.25) is 0 Å². The minimum atomic E-state index is -0.446. The van der Waals surface area contributed by atoms with Crippen molar-refractivity contribution >= 4 is 5.97 Å². The fourth-order valence-corrected chi connectivity index (χ4v) is 1.44. The second-order valence-electron chi connectivity index (χ2n) is 3.40. The summed E-state index contributed by atoms with van der Waals surface area (Å²) >= 11 is 0. The average molecular weight is 219 g/mol. The molecule has 0 spiro atoms. The third-order valence-corrected chi connectivity index (χ3v) is 2.12. The van der Waals surface area contributed by atoms with E-state index < -0.39 is 5.97 Å². The number of carbonyl (C=O) groups excluding carboxylic acids is 1. The second-order valence-corrected chi connectivity index (χ2v) is 3.40. The Morgan fingerprint density at radius 3 is 2.81 bits per heavy atom. The first-order chi connectivity index (χ1) is 7.58. The molecule has 1 N–H and O–H groups in total. The van der Waals surface area contributed by atoms with Crippen LogP contribution in [0.5, 0.6) is 5.75 Å². The van der Waals surface area contributed by atoms with Gasteiger partial charge in [-0.15, -0.1) is 0 Å². The number of carbonyl (C=O) groups is 1. The molecule has 0 bridgehead atoms. The molecule has 1 rings (SSSR count). The number of aromatic hydroxyl groups is 1. The van der Waals surface area contributed by atoms with Gasteiger partial charge in [-0.2, -0.15) is 5.26 Å². The molecule has 0 saturated heterocycles. The van der Waals surface area contributed by atoms with Crippen molar-refractivity contribution in [1.82, 2.24) is 0 Å². The number of rotatable bonds is 3. The number of phenolic OH excluding ortho intramolecular Hbond substituents is 1. The van der Waals surface area contributed by atoms with Crippen LogP contribution in [-0.2, 0) is 16.0 Å². The van der Waals surface area contributed by atoms with Gasteiger partial charge < -0.3 is 9.84 Å². The molecular weight excluding hydrogens is 206 g/mol. The van der Waals surface area contributed by atoms with Crippen LogP contribution in [0.25, 0.3) is 0 Å². The highest BCUT2D eigenvalue weighted by atomic mass is 16.5. The van der Waals surface area contributed by atoms with Crippen LogP contribution in [0.3, 0.4) is 0 Å². The molecular formula is C12H13NO3. The lowest BCUT2D eigenvalue weighted by atomic mass is 10.0. The van der Waals surface area contributed by atoms with E-state index in [9.17, 15) is 9.90 Å². The first kappa shape index (κ1) is 12.1. The maximum Gasteiger partial charge on any atom is 0.310 e. The predicted molar refractivity (Wildman–Crippen MR) is 57.9 cm³/mol. The molecule has 0 saturated carbocycles. The van der Waals surface area contributed by atoms with Crippen LogP contribution in [0.4, 0.5) is 0 Å². The highest BCUT2D eigenvalue weighted by Crippen LogP contribution is 2.23. The van der Waals surface area contributed by atoms with Crippen molar-refractivity contribution in [1.29, 1.82) is 5.26 Å². The van der Waals surface area contributed by atoms with E-state index in [0.29, 0.717) is 11.1 Å². The topological polar surface area (TPSA) is 70.3 Å². The van der Waals surface area contributed by atoms with E-state index in [1.165, 1.54) is 6.07 Å². The summed E-state index contributed by atoms with van der Waals surface area (Å²) in [5.74, 6) is -0.484. The van der Waals surface area contributed by atoms with E-state index in [2.05, 4.69) is 0 Å². The van der Waals surface area contributed by atoms with Crippen molar-refractivity contribution in [3.63, 3.8) is 0 Å². The molecule has 0 amide bonds. The van der Waals surface area contributed by atoms with Gasteiger partial charge in [0.25, 0.3) is 0 Å². The van der Waals surface area contributed by atoms with Gasteiger partial charge in [0.15, 0.2) is 0 Å². The summed E-state index contributed by atoms with van der Waals surface area (Å²) in [6.07, 6.45) is -0.0805. The van der Waals surface area contributed by atoms with Crippen LogP contribution < -0.4 is 0 Å². The van der Waals surface area contributed by atoms with E-state index in [4.69, 9.17) is 10.00 Å². The van der Waals surface area contributed by atoms with Gasteiger partial charge in [0.1, 0.15) is 5.75 Å². The predicted octanol–water partition coefficient (Wildman–Crippen LogP) is 1.68. The number of phenols is 1. The maximum absolute atomic E-state index is 11.3. The minimum Gasteiger partial charge on any atom is -0.508 e. The van der Waals surface area contributed by atoms with Crippen LogP contribution in [0, 0.1) is 18.3 Å². The fraction of sp³-hybridized carbons (Fsp3) is 0.333. The van der Waals surface area contributed by atoms with E-state index >= 15 is 0 Å². The number of hydrogen-bond donors (Lipinski definition) is 1. The van der Waals surface area contributed by atoms with Crippen LogP contribution in [-0.4, -0.2) is 17.7 Å². The Morgan fingerprint density at radius 1 is 1.56 bits per heavy atom. The van der Waals surface area contributed by atoms with Gasteiger partial charge in [0, 0.05) is 5.56 Å². The Bertz CT molecular complexity index is 446. The van der Waals surface area contributed by atoms with Gasteiger partial charge in [-0.3, -0.25) is 4.79 Å². The summed E-state index contributed by atoms with van der Waals surface area (Å²) in [5, 5.41) is 18.6. The molecule has 0 atom stereocenters. The Labute approximate surface area is 94.1 Å². The third-order valence-electron chi connectivity index (χ3n) is 2.12. The molecule has 1 aromatic carbocycles. The standard InChI is InChI=1S/C12H13NO3/c1-3-16-12(15)6-10-9(7-13)4-8(2)5-11(10)14/h4-5,14H,3,6H2,1-2H3. The molecule has 0 aliphatic heterocycles. The summed E-state index contributed by atoms with van der Waals surface area (Å²) in [5.41, 5.74) is 1.42. The van der Waals surface area contributed by atoms with Crippen molar-refractivity contribution in [3.8, 4) is 11.8 Å². The van der Waals surface area contributed by atoms with E-state index in [1.807, 2.05) is 6.07 Å². The molecule has 0 unspecified atom stereocenters. The minimum absolute atomic E-state index is 0.0374. The summed E-state index contributed by atoms with van der Waals surface area (Å²) in [7, 11) is 0. The molecule has 0 aliphatic carbocycles. The highest BCUT2D eigenvalue weighted by molar-refractivity contribution is 5.75. The zero-order valence-corrected chi connectivity index (χ0v) is 9.28. The maximum atomic E-state index is 11.3. The summed E-state index contributed by atoms with van der Waals surface area (Å²) in [4.78, 5) is 11.3. The molecule has 84 valence electrons. The summed E-state index contributed by atoms with van der Waals surface area (Å²) < 4.78 is 4.77. The largest absolute Gasteiger partial charge is 0.508 e. The van der Waals surface area contributed by atoms with Gasteiger partial charge in [0.05, 0.1) is 24.7 Å². The normalized spacial score (nSPS) is 9.56. The number of nitrogens with zero attached hydrogens (tertiary/aromatic N) is 1. The van der Waals surface area contributed by atoms with Crippen LogP contribution >= 0.6 is 0 Å². The molecule has 0 heterocycles. The van der Waals surface area contributed by atoms with Crippen LogP contribution in [0.1, 0.15) is 23.6 Å². The number of hydrogen-bond acceptors (Lipinski definition) is 4. The fourth-order valence-electron chi connectivity index (χ4n) is 1.44. The molecule has 16 heavy (non-hydrogen) atoms. The van der Waals surface area contributed by atoms with Gasteiger partial charge in [-0.1, -0.05) is 0 Å². The highest BCUT2D eigenvalue weighted by Gasteiger charge is 2.13. The molecule has 4 heteroatoms. The van der Waals surface area contributed by atoms with Crippen molar-refractivity contribution in [2.45, 2.75) is 20.3 Å². The first-order valence-corrected chi connectivity index (χ1v) is 4.96. The van der Waals surface area contributed by atoms with E-state index in [1.54, 1.807) is 19.9 Å². The number of nitriles is 1. The first-order valence-electron chi connectivity index (χ1n) is 4.96. The Morgan fingerprint density at radius 2 is 2.25 bits per heavy atom. The van der Waals surface area contributed by atoms with Gasteiger partial charge in [-0.05, 0) is 31.5 Å². The number of benzene rings is 1. The molecule has 0 aromatic heterocycles. The molecule has 0 aliphatic rings. The Hall–Kier alpha value is -2.02. The van der Waals surface area contributed by atoms with Crippen molar-refractivity contribution in [2.75, 3.05) is 6.61 Å². The third kappa shape index (κ3) is 2.74. The average Bonchev–Trinajstić information content (AvgIpc) is 2.22. The lowest BCUT2D eigenvalue weighted by molar-refractivity contribution is -0.142. The zero-order chi connectivity index (χ0) is 12.1. The number of esters is 1. The smallest absolute Gasteiger partial charge is 0.310 e. The number of ether oxygens (including phenoxy) is 1. The van der Waals surface area contributed by atoms with Crippen LogP contribution in [0.15, 0.2) is 12.1 Å². The summed E-state index contributed by atoms with van der Waals surface area (Å²) in [6.45, 7) is 3.76. The van der Waals surface area contributed by atoms with Crippen molar-refractivity contribution < 1.29 is 14.6 Å². The Balaban J connectivity index is 3.04. The molecule has 0 fully saturated rings. The lowest BCUT2D eigenvalue weighted by Gasteiger charge is -2.07. The zero-order valence-electron chi connectivity index (χ0n) is 9.28. The monoisotopic (exact) mass is 219 g/mol. The molecule has 4 nitrogen and oxygen atoms in total. The van der Waals surface area contributed by atoms with E-state index in [-0.39, 0.29) is 18.8 Å². The SMILES string of the molecule is CCOC(=O)Cc1c(O)cc(C)cc1C#N. The molecule has 0 radical (unpaired) electrons. The number of aryl methyl sites for hydroxylation is 1. The quantitative estimate of drug-likeness (QED) is 0.785. The van der Waals surface area contributed by atoms with Gasteiger partial charge in [0.2, 0.25) is 0 Å². The second kappa shape index (κ2) is 5.17. The van der Waals surface area contributed by atoms with Gasteiger partial charge >= 0.3 is 5.97 Å². The van der Waals surface area contributed by atoms with Crippen molar-refractivity contribution in [2.24, 2.45) is 0 Å². The van der Waals surface area contributed by atoms with E-state index in [0.717, 1.165) is 5.56 Å². The van der Waals surface area contributed by atoms with Gasteiger partial charge in [-0.25, -0.2) is 0 Å². The lowest BCUT2D eigenvalue weighted by Crippen LogP contribution is -2.09. The summed E-state index contributed by atoms with van der Waals surface area (Å²) in [6, 6.07) is 5.11.